The van der Waals surface area contributed by atoms with Gasteiger partial charge >= 0.3 is 5.97 Å². The molecule has 4 rings (SSSR count). The zero-order valence-corrected chi connectivity index (χ0v) is 18.4. The number of pyridine rings is 1. The van der Waals surface area contributed by atoms with E-state index in [0.717, 1.165) is 35.2 Å². The number of nitrogens with zero attached hydrogens (tertiary/aromatic N) is 3. The predicted molar refractivity (Wildman–Crippen MR) is 121 cm³/mol. The van der Waals surface area contributed by atoms with Gasteiger partial charge in [0.25, 0.3) is 0 Å². The maximum absolute atomic E-state index is 13.1. The summed E-state index contributed by atoms with van der Waals surface area (Å²) in [5, 5.41) is 15.2. The van der Waals surface area contributed by atoms with Crippen molar-refractivity contribution in [1.29, 1.82) is 0 Å². The number of phenols is 1. The lowest BCUT2D eigenvalue weighted by molar-refractivity contribution is 0.0526. The highest BCUT2D eigenvalue weighted by Gasteiger charge is 2.29. The number of phenolic OH excluding ortho intramolecular Hbond substituents is 1. The average Bonchev–Trinajstić information content (AvgIpc) is 3.38. The van der Waals surface area contributed by atoms with Crippen molar-refractivity contribution in [2.75, 3.05) is 26.7 Å². The minimum Gasteiger partial charge on any atom is -0.507 e. The molecule has 2 N–H and O–H groups in total. The van der Waals surface area contributed by atoms with Gasteiger partial charge in [0.1, 0.15) is 5.75 Å². The van der Waals surface area contributed by atoms with Crippen LogP contribution in [0, 0.1) is 0 Å². The van der Waals surface area contributed by atoms with E-state index in [4.69, 9.17) is 4.74 Å². The Balaban J connectivity index is 2.00. The lowest BCUT2D eigenvalue weighted by Crippen LogP contribution is -2.22. The molecular formula is C24H30N4O3. The Bertz CT molecular complexity index is 1090. The van der Waals surface area contributed by atoms with Crippen molar-refractivity contribution in [2.24, 2.45) is 7.05 Å². The number of nitrogens with one attached hydrogen (secondary N) is 1. The van der Waals surface area contributed by atoms with Crippen molar-refractivity contribution in [3.05, 3.63) is 47.4 Å². The van der Waals surface area contributed by atoms with E-state index in [0.29, 0.717) is 36.4 Å². The quantitative estimate of drug-likeness (QED) is 0.568. The Morgan fingerprint density at radius 3 is 2.74 bits per heavy atom. The number of aromatic hydroxyl groups is 1. The summed E-state index contributed by atoms with van der Waals surface area (Å²) in [6.07, 6.45) is 5.80. The maximum Gasteiger partial charge on any atom is 0.340 e. The number of hydrogen-bond acceptors (Lipinski definition) is 6. The van der Waals surface area contributed by atoms with Gasteiger partial charge in [0, 0.05) is 60.3 Å². The number of carbonyl (C=O) groups is 1. The van der Waals surface area contributed by atoms with E-state index < -0.39 is 0 Å². The molecule has 7 nitrogen and oxygen atoms in total. The van der Waals surface area contributed by atoms with Gasteiger partial charge < -0.3 is 19.7 Å². The zero-order valence-electron chi connectivity index (χ0n) is 18.4. The molecule has 0 amide bonds. The summed E-state index contributed by atoms with van der Waals surface area (Å²) >= 11 is 0. The van der Waals surface area contributed by atoms with Crippen LogP contribution in [0.2, 0.25) is 0 Å². The molecule has 3 heterocycles. The molecule has 164 valence electrons. The van der Waals surface area contributed by atoms with Crippen molar-refractivity contribution >= 4 is 16.9 Å². The Morgan fingerprint density at radius 2 is 2.10 bits per heavy atom. The lowest BCUT2D eigenvalue weighted by atomic mass is 9.96. The lowest BCUT2D eigenvalue weighted by Gasteiger charge is -2.16. The van der Waals surface area contributed by atoms with Crippen LogP contribution in [0.1, 0.15) is 41.4 Å². The standard InChI is InChI=1S/C24H30N4O3/c1-4-31-24(30)22-20(15-28-10-5-6-11-28)27(3)19-12-17(16-8-7-9-26-13-16)23(29)18(14-25-2)21(19)22/h7-9,12-13,25,29H,4-6,10-11,14-15H2,1-3H3. The van der Waals surface area contributed by atoms with Crippen LogP contribution in [0.15, 0.2) is 30.6 Å². The highest BCUT2D eigenvalue weighted by atomic mass is 16.5. The second kappa shape index (κ2) is 9.08. The monoisotopic (exact) mass is 422 g/mol. The van der Waals surface area contributed by atoms with Crippen LogP contribution in [-0.2, 0) is 24.9 Å². The van der Waals surface area contributed by atoms with Gasteiger partial charge in [-0.05, 0) is 52.0 Å². The number of aryl methyl sites for hydroxylation is 1. The molecule has 1 aliphatic rings. The van der Waals surface area contributed by atoms with Gasteiger partial charge in [-0.15, -0.1) is 0 Å². The third-order valence-corrected chi connectivity index (χ3v) is 6.06. The molecule has 0 radical (unpaired) electrons. The molecule has 2 aromatic heterocycles. The highest BCUT2D eigenvalue weighted by Crippen LogP contribution is 2.41. The summed E-state index contributed by atoms with van der Waals surface area (Å²) in [7, 11) is 3.82. The normalized spacial score (nSPS) is 14.4. The van der Waals surface area contributed by atoms with E-state index in [9.17, 15) is 9.90 Å². The highest BCUT2D eigenvalue weighted by molar-refractivity contribution is 6.09. The Morgan fingerprint density at radius 1 is 1.32 bits per heavy atom. The largest absolute Gasteiger partial charge is 0.507 e. The van der Waals surface area contributed by atoms with Gasteiger partial charge in [-0.3, -0.25) is 9.88 Å². The molecule has 31 heavy (non-hydrogen) atoms. The van der Waals surface area contributed by atoms with Gasteiger partial charge in [-0.2, -0.15) is 0 Å². The summed E-state index contributed by atoms with van der Waals surface area (Å²) in [5.74, 6) is -0.174. The Labute approximate surface area is 182 Å². The van der Waals surface area contributed by atoms with Gasteiger partial charge in [-0.25, -0.2) is 4.79 Å². The summed E-state index contributed by atoms with van der Waals surface area (Å²) in [6.45, 7) is 5.28. The molecular weight excluding hydrogens is 392 g/mol. The topological polar surface area (TPSA) is 79.6 Å². The van der Waals surface area contributed by atoms with Crippen molar-refractivity contribution < 1.29 is 14.6 Å². The fourth-order valence-corrected chi connectivity index (χ4v) is 4.57. The van der Waals surface area contributed by atoms with E-state index in [1.54, 1.807) is 12.4 Å². The van der Waals surface area contributed by atoms with Gasteiger partial charge in [-0.1, -0.05) is 6.07 Å². The van der Waals surface area contributed by atoms with E-state index in [1.807, 2.05) is 39.2 Å². The first kappa shape index (κ1) is 21.3. The molecule has 0 saturated carbocycles. The van der Waals surface area contributed by atoms with Crippen LogP contribution >= 0.6 is 0 Å². The minimum absolute atomic E-state index is 0.165. The van der Waals surface area contributed by atoms with Crippen LogP contribution in [0.5, 0.6) is 5.75 Å². The fraction of sp³-hybridized carbons (Fsp3) is 0.417. The van der Waals surface area contributed by atoms with E-state index in [-0.39, 0.29) is 11.7 Å². The average molecular weight is 423 g/mol. The summed E-state index contributed by atoms with van der Waals surface area (Å²) in [6, 6.07) is 5.74. The van der Waals surface area contributed by atoms with Crippen LogP contribution < -0.4 is 5.32 Å². The van der Waals surface area contributed by atoms with Crippen LogP contribution in [0.25, 0.3) is 22.0 Å². The SMILES string of the molecule is CCOC(=O)c1c(CN2CCCC2)n(C)c2cc(-c3cccnc3)c(O)c(CNC)c12. The molecule has 0 unspecified atom stereocenters. The first-order chi connectivity index (χ1) is 15.1. The zero-order chi connectivity index (χ0) is 22.0. The Kier molecular flexibility index (Phi) is 6.25. The van der Waals surface area contributed by atoms with E-state index in [1.165, 1.54) is 12.8 Å². The molecule has 7 heteroatoms. The number of hydrogen-bond donors (Lipinski definition) is 2. The molecule has 1 saturated heterocycles. The predicted octanol–water partition coefficient (Wildman–Crippen LogP) is 3.44. The number of carbonyl (C=O) groups excluding carboxylic acids is 1. The fourth-order valence-electron chi connectivity index (χ4n) is 4.57. The Hall–Kier alpha value is -2.90. The molecule has 3 aromatic rings. The smallest absolute Gasteiger partial charge is 0.340 e. The van der Waals surface area contributed by atoms with Crippen molar-refractivity contribution in [1.82, 2.24) is 19.8 Å². The molecule has 1 fully saturated rings. The number of esters is 1. The summed E-state index contributed by atoms with van der Waals surface area (Å²) < 4.78 is 7.54. The third-order valence-electron chi connectivity index (χ3n) is 6.06. The molecule has 1 aromatic carbocycles. The molecule has 0 aliphatic carbocycles. The molecule has 0 atom stereocenters. The minimum atomic E-state index is -0.340. The second-order valence-corrected chi connectivity index (χ2v) is 8.00. The number of ether oxygens (including phenoxy) is 1. The number of aromatic nitrogens is 2. The number of benzene rings is 1. The number of likely N-dealkylation sites (tertiary alicyclic amines) is 1. The van der Waals surface area contributed by atoms with E-state index >= 15 is 0 Å². The second-order valence-electron chi connectivity index (χ2n) is 8.00. The molecule has 0 spiro atoms. The van der Waals surface area contributed by atoms with Crippen LogP contribution in [0.3, 0.4) is 0 Å². The van der Waals surface area contributed by atoms with E-state index in [2.05, 4.69) is 19.8 Å². The van der Waals surface area contributed by atoms with Crippen molar-refractivity contribution in [2.45, 2.75) is 32.9 Å². The number of fused-ring (bicyclic) bond motifs is 1. The van der Waals surface area contributed by atoms with Crippen molar-refractivity contribution in [3.63, 3.8) is 0 Å². The van der Waals surface area contributed by atoms with Gasteiger partial charge in [0.05, 0.1) is 17.7 Å². The van der Waals surface area contributed by atoms with Gasteiger partial charge in [0.15, 0.2) is 0 Å². The third kappa shape index (κ3) is 3.91. The van der Waals surface area contributed by atoms with Crippen LogP contribution in [-0.4, -0.2) is 52.3 Å². The van der Waals surface area contributed by atoms with Crippen LogP contribution in [0.4, 0.5) is 0 Å². The van der Waals surface area contributed by atoms with Crippen molar-refractivity contribution in [3.8, 4) is 16.9 Å². The first-order valence-corrected chi connectivity index (χ1v) is 10.9. The maximum atomic E-state index is 13.1. The van der Waals surface area contributed by atoms with Gasteiger partial charge in [0.2, 0.25) is 0 Å². The molecule has 1 aliphatic heterocycles. The molecule has 0 bridgehead atoms. The first-order valence-electron chi connectivity index (χ1n) is 10.9. The summed E-state index contributed by atoms with van der Waals surface area (Å²) in [5.41, 5.74) is 4.62. The summed E-state index contributed by atoms with van der Waals surface area (Å²) in [4.78, 5) is 19.7. The number of rotatable bonds is 7.